The van der Waals surface area contributed by atoms with Crippen LogP contribution in [-0.4, -0.2) is 36.0 Å². The summed E-state index contributed by atoms with van der Waals surface area (Å²) in [6.45, 7) is 8.66. The van der Waals surface area contributed by atoms with Gasteiger partial charge in [0.1, 0.15) is 0 Å². The first kappa shape index (κ1) is 21.5. The van der Waals surface area contributed by atoms with Crippen molar-refractivity contribution in [1.29, 1.82) is 0 Å². The van der Waals surface area contributed by atoms with E-state index in [1.54, 1.807) is 0 Å². The van der Waals surface area contributed by atoms with Crippen molar-refractivity contribution in [2.75, 3.05) is 13.1 Å². The maximum atomic E-state index is 11.4. The van der Waals surface area contributed by atoms with Crippen LogP contribution < -0.4 is 0 Å². The summed E-state index contributed by atoms with van der Waals surface area (Å²) in [6, 6.07) is 18.7. The quantitative estimate of drug-likeness (QED) is 0.605. The number of hydrogen-bond acceptors (Lipinski definition) is 4. The van der Waals surface area contributed by atoms with E-state index in [1.165, 1.54) is 16.7 Å². The summed E-state index contributed by atoms with van der Waals surface area (Å²) < 4.78 is 6.52. The minimum Gasteiger partial charge on any atom is -0.372 e. The molecule has 6 heteroatoms. The number of piperidine rings is 1. The number of amides is 2. The summed E-state index contributed by atoms with van der Waals surface area (Å²) in [7, 11) is 0. The van der Waals surface area contributed by atoms with Gasteiger partial charge < -0.3 is 4.74 Å². The number of hydrogen-bond donors (Lipinski definition) is 0. The number of carbonyl (C=O) groups is 1. The molecule has 2 aliphatic heterocycles. The molecule has 0 aliphatic carbocycles. The maximum Gasteiger partial charge on any atom is 0.387 e. The third-order valence-electron chi connectivity index (χ3n) is 5.90. The van der Waals surface area contributed by atoms with Gasteiger partial charge in [-0.3, -0.25) is 4.90 Å². The number of aliphatic imine (C=N–C) groups is 1. The summed E-state index contributed by atoms with van der Waals surface area (Å²) in [5.41, 5.74) is 3.82. The van der Waals surface area contributed by atoms with E-state index in [2.05, 4.69) is 89.4 Å². The molecule has 0 radical (unpaired) electrons. The van der Waals surface area contributed by atoms with Gasteiger partial charge in [-0.2, -0.15) is 4.99 Å². The molecule has 1 fully saturated rings. The molecule has 0 unspecified atom stereocenters. The Kier molecular flexibility index (Phi) is 6.39. The first-order chi connectivity index (χ1) is 14.9. The zero-order valence-corrected chi connectivity index (χ0v) is 18.5. The Bertz CT molecular complexity index is 979. The molecule has 2 aromatic rings. The van der Waals surface area contributed by atoms with Crippen molar-refractivity contribution in [2.45, 2.75) is 57.8 Å². The van der Waals surface area contributed by atoms with Crippen molar-refractivity contribution in [3.8, 4) is 0 Å². The van der Waals surface area contributed by atoms with Gasteiger partial charge in [0.05, 0.1) is 25.3 Å². The Morgan fingerprint density at radius 3 is 2.58 bits per heavy atom. The van der Waals surface area contributed by atoms with Gasteiger partial charge in [-0.25, -0.2) is 4.79 Å². The van der Waals surface area contributed by atoms with E-state index >= 15 is 0 Å². The monoisotopic (exact) mass is 418 g/mol. The van der Waals surface area contributed by atoms with Crippen LogP contribution in [0.25, 0.3) is 0 Å². The highest BCUT2D eigenvalue weighted by molar-refractivity contribution is 5.99. The van der Waals surface area contributed by atoms with Crippen LogP contribution in [0.2, 0.25) is 0 Å². The lowest BCUT2D eigenvalue weighted by Gasteiger charge is -2.41. The molecule has 2 aromatic carbocycles. The van der Waals surface area contributed by atoms with Gasteiger partial charge in [0.2, 0.25) is 0 Å². The molecular weight excluding hydrogens is 388 g/mol. The molecule has 6 nitrogen and oxygen atoms in total. The first-order valence-corrected chi connectivity index (χ1v) is 10.9. The van der Waals surface area contributed by atoms with Gasteiger partial charge in [0, 0.05) is 0 Å². The van der Waals surface area contributed by atoms with E-state index in [9.17, 15) is 4.79 Å². The predicted octanol–water partition coefficient (Wildman–Crippen LogP) is 5.69. The van der Waals surface area contributed by atoms with E-state index in [0.29, 0.717) is 19.0 Å². The van der Waals surface area contributed by atoms with Crippen LogP contribution in [0.5, 0.6) is 0 Å². The van der Waals surface area contributed by atoms with E-state index < -0.39 is 6.03 Å². The van der Waals surface area contributed by atoms with Crippen molar-refractivity contribution in [2.24, 2.45) is 15.2 Å². The van der Waals surface area contributed by atoms with Crippen LogP contribution in [0.4, 0.5) is 4.79 Å². The number of carbonyl (C=O) groups excluding carboxylic acids is 1. The Morgan fingerprint density at radius 2 is 1.87 bits per heavy atom. The van der Waals surface area contributed by atoms with Gasteiger partial charge >= 0.3 is 6.03 Å². The summed E-state index contributed by atoms with van der Waals surface area (Å²) in [5, 5.41) is 7.46. The third kappa shape index (κ3) is 5.32. The fourth-order valence-electron chi connectivity index (χ4n) is 4.29. The minimum atomic E-state index is -0.519. The lowest BCUT2D eigenvalue weighted by Crippen LogP contribution is -2.44. The topological polar surface area (TPSA) is 66.6 Å². The molecule has 0 bridgehead atoms. The molecule has 0 saturated carbocycles. The minimum absolute atomic E-state index is 0.0455. The summed E-state index contributed by atoms with van der Waals surface area (Å²) in [4.78, 5) is 17.6. The SMILES string of the molecule is CC(C)(C)c1cccc(CO[C@H]2CCCN(CC3=NC(=O)N=N3)[C@H]2c2ccccc2)c1. The Morgan fingerprint density at radius 1 is 1.06 bits per heavy atom. The second-order valence-corrected chi connectivity index (χ2v) is 9.28. The van der Waals surface area contributed by atoms with Crippen LogP contribution >= 0.6 is 0 Å². The van der Waals surface area contributed by atoms with Gasteiger partial charge in [-0.1, -0.05) is 80.5 Å². The number of rotatable bonds is 6. The molecule has 31 heavy (non-hydrogen) atoms. The van der Waals surface area contributed by atoms with Crippen molar-refractivity contribution < 1.29 is 9.53 Å². The van der Waals surface area contributed by atoms with Crippen molar-refractivity contribution in [3.05, 3.63) is 71.3 Å². The van der Waals surface area contributed by atoms with E-state index in [0.717, 1.165) is 19.4 Å². The summed E-state index contributed by atoms with van der Waals surface area (Å²) in [5.74, 6) is 0.476. The van der Waals surface area contributed by atoms with E-state index in [-0.39, 0.29) is 17.6 Å². The second-order valence-electron chi connectivity index (χ2n) is 9.28. The zero-order chi connectivity index (χ0) is 21.8. The number of nitrogens with zero attached hydrogens (tertiary/aromatic N) is 4. The fourth-order valence-corrected chi connectivity index (χ4v) is 4.29. The van der Waals surface area contributed by atoms with Crippen LogP contribution in [0.3, 0.4) is 0 Å². The standard InChI is InChI=1S/C25H30N4O2/c1-25(2,3)20-12-7-9-18(15-20)17-31-21-13-8-14-29(16-22-26-24(30)28-27-22)23(21)19-10-5-4-6-11-19/h4-7,9-12,15,21,23H,8,13-14,16-17H2,1-3H3/t21-,23-/m0/s1. The number of ether oxygens (including phenoxy) is 1. The molecule has 0 aromatic heterocycles. The average Bonchev–Trinajstić information content (AvgIpc) is 3.17. The lowest BCUT2D eigenvalue weighted by atomic mass is 9.86. The van der Waals surface area contributed by atoms with Crippen LogP contribution in [0.15, 0.2) is 69.8 Å². The predicted molar refractivity (Wildman–Crippen MR) is 121 cm³/mol. The molecule has 4 rings (SSSR count). The number of amidine groups is 1. The van der Waals surface area contributed by atoms with Gasteiger partial charge in [0.25, 0.3) is 0 Å². The average molecular weight is 419 g/mol. The van der Waals surface area contributed by atoms with Crippen LogP contribution in [0.1, 0.15) is 56.3 Å². The lowest BCUT2D eigenvalue weighted by molar-refractivity contribution is -0.0479. The number of azo groups is 1. The largest absolute Gasteiger partial charge is 0.387 e. The molecule has 0 N–H and O–H groups in total. The zero-order valence-electron chi connectivity index (χ0n) is 18.5. The summed E-state index contributed by atoms with van der Waals surface area (Å²) in [6.07, 6.45) is 2.06. The maximum absolute atomic E-state index is 11.4. The van der Waals surface area contributed by atoms with E-state index in [1.807, 2.05) is 6.07 Å². The third-order valence-corrected chi connectivity index (χ3v) is 5.90. The highest BCUT2D eigenvalue weighted by atomic mass is 16.5. The number of likely N-dealkylation sites (tertiary alicyclic amines) is 1. The number of urea groups is 1. The molecule has 2 atom stereocenters. The van der Waals surface area contributed by atoms with Crippen molar-refractivity contribution in [1.82, 2.24) is 4.90 Å². The van der Waals surface area contributed by atoms with Crippen molar-refractivity contribution >= 4 is 11.9 Å². The van der Waals surface area contributed by atoms with Gasteiger partial charge in [-0.05, 0) is 41.5 Å². The highest BCUT2D eigenvalue weighted by Gasteiger charge is 2.34. The Labute approximate surface area is 184 Å². The molecule has 162 valence electrons. The van der Waals surface area contributed by atoms with Gasteiger partial charge in [-0.15, -0.1) is 5.11 Å². The van der Waals surface area contributed by atoms with E-state index in [4.69, 9.17) is 4.74 Å². The second kappa shape index (κ2) is 9.20. The molecule has 2 amide bonds. The molecule has 1 saturated heterocycles. The molecular formula is C25H30N4O2. The Balaban J connectivity index is 1.53. The number of benzene rings is 2. The normalized spacial score (nSPS) is 22.0. The molecule has 2 heterocycles. The smallest absolute Gasteiger partial charge is 0.372 e. The first-order valence-electron chi connectivity index (χ1n) is 10.9. The van der Waals surface area contributed by atoms with Gasteiger partial charge in [0.15, 0.2) is 5.84 Å². The fraction of sp³-hybridized carbons (Fsp3) is 0.440. The van der Waals surface area contributed by atoms with Crippen molar-refractivity contribution in [3.63, 3.8) is 0 Å². The molecule has 2 aliphatic rings. The van der Waals surface area contributed by atoms with Crippen LogP contribution in [-0.2, 0) is 16.8 Å². The van der Waals surface area contributed by atoms with Crippen LogP contribution in [0, 0.1) is 0 Å². The Hall–Kier alpha value is -2.70. The highest BCUT2D eigenvalue weighted by Crippen LogP contribution is 2.34. The molecule has 0 spiro atoms. The summed E-state index contributed by atoms with van der Waals surface area (Å²) >= 11 is 0.